The molecule has 2 heterocycles. The van der Waals surface area contributed by atoms with Gasteiger partial charge in [-0.3, -0.25) is 9.69 Å². The molecule has 1 unspecified atom stereocenters. The summed E-state index contributed by atoms with van der Waals surface area (Å²) in [6.45, 7) is 6.88. The number of thiocarbonyl (C=S) groups is 1. The van der Waals surface area contributed by atoms with Crippen molar-refractivity contribution in [2.24, 2.45) is 0 Å². The molecule has 1 aliphatic rings. The van der Waals surface area contributed by atoms with Gasteiger partial charge in [-0.25, -0.2) is 0 Å². The summed E-state index contributed by atoms with van der Waals surface area (Å²) >= 11 is 9.78. The molecular formula is C20H28N4OS2. The monoisotopic (exact) mass is 404 g/mol. The number of benzene rings is 1. The van der Waals surface area contributed by atoms with Crippen molar-refractivity contribution in [1.82, 2.24) is 20.1 Å². The number of nitrogens with zero attached hydrogens (tertiary/aromatic N) is 2. The Hall–Kier alpha value is -1.57. The van der Waals surface area contributed by atoms with E-state index >= 15 is 0 Å². The summed E-state index contributed by atoms with van der Waals surface area (Å²) in [5.74, 6) is 0.0854. The zero-order valence-electron chi connectivity index (χ0n) is 15.9. The second-order valence-electron chi connectivity index (χ2n) is 7.49. The van der Waals surface area contributed by atoms with Gasteiger partial charge in [-0.15, -0.1) is 12.6 Å². The molecule has 3 rings (SSSR count). The number of piperazine rings is 1. The number of fused-ring (bicyclic) bond motifs is 1. The highest BCUT2D eigenvalue weighted by atomic mass is 32.1. The number of amides is 1. The fourth-order valence-corrected chi connectivity index (χ4v) is 4.30. The first-order chi connectivity index (χ1) is 12.9. The lowest BCUT2D eigenvalue weighted by molar-refractivity contribution is -0.123. The van der Waals surface area contributed by atoms with E-state index in [2.05, 4.69) is 57.1 Å². The Balaban J connectivity index is 1.64. The van der Waals surface area contributed by atoms with E-state index in [9.17, 15) is 4.79 Å². The van der Waals surface area contributed by atoms with Crippen molar-refractivity contribution in [2.45, 2.75) is 38.8 Å². The minimum atomic E-state index is 0.0854. The van der Waals surface area contributed by atoms with E-state index in [1.54, 1.807) is 0 Å². The molecule has 1 aromatic carbocycles. The van der Waals surface area contributed by atoms with E-state index in [4.69, 9.17) is 12.2 Å². The van der Waals surface area contributed by atoms with Crippen LogP contribution in [-0.4, -0.2) is 63.3 Å². The number of aromatic nitrogens is 1. The van der Waals surface area contributed by atoms with Crippen molar-refractivity contribution >= 4 is 46.0 Å². The van der Waals surface area contributed by atoms with Crippen LogP contribution in [0.3, 0.4) is 0 Å². The maximum absolute atomic E-state index is 12.1. The smallest absolute Gasteiger partial charge is 0.234 e. The van der Waals surface area contributed by atoms with Gasteiger partial charge in [0.15, 0.2) is 0 Å². The minimum Gasteiger partial charge on any atom is -0.361 e. The Kier molecular flexibility index (Phi) is 6.78. The van der Waals surface area contributed by atoms with E-state index < -0.39 is 0 Å². The summed E-state index contributed by atoms with van der Waals surface area (Å²) in [5.41, 5.74) is 2.50. The average molecular weight is 405 g/mol. The fourth-order valence-electron chi connectivity index (χ4n) is 3.79. The normalized spacial score (nSPS) is 18.2. The molecule has 1 saturated heterocycles. The summed E-state index contributed by atoms with van der Waals surface area (Å²) in [5, 5.41) is 4.25. The number of hydrogen-bond acceptors (Lipinski definition) is 3. The van der Waals surface area contributed by atoms with Crippen molar-refractivity contribution in [2.75, 3.05) is 26.2 Å². The first-order valence-electron chi connectivity index (χ1n) is 9.50. The van der Waals surface area contributed by atoms with Crippen LogP contribution in [0.4, 0.5) is 0 Å². The van der Waals surface area contributed by atoms with Gasteiger partial charge < -0.3 is 15.2 Å². The van der Waals surface area contributed by atoms with Crippen LogP contribution in [0.15, 0.2) is 30.5 Å². The lowest BCUT2D eigenvalue weighted by Crippen LogP contribution is -2.56. The molecule has 146 valence electrons. The number of hydrogen-bond donors (Lipinski definition) is 3. The lowest BCUT2D eigenvalue weighted by atomic mass is 10.0. The molecule has 1 fully saturated rings. The van der Waals surface area contributed by atoms with Crippen LogP contribution in [0, 0.1) is 0 Å². The second kappa shape index (κ2) is 9.08. The number of thiol groups is 1. The number of para-hydroxylation sites is 1. The Bertz CT molecular complexity index is 804. The molecule has 1 amide bonds. The zero-order valence-corrected chi connectivity index (χ0v) is 17.7. The van der Waals surface area contributed by atoms with Crippen LogP contribution < -0.4 is 5.32 Å². The highest BCUT2D eigenvalue weighted by molar-refractivity contribution is 8.10. The minimum absolute atomic E-state index is 0.0854. The van der Waals surface area contributed by atoms with Gasteiger partial charge in [0.05, 0.1) is 6.54 Å². The number of carbonyl (C=O) groups is 1. The summed E-state index contributed by atoms with van der Waals surface area (Å²) in [7, 11) is 0. The molecule has 1 aromatic heterocycles. The molecule has 7 heteroatoms. The summed E-state index contributed by atoms with van der Waals surface area (Å²) in [4.78, 5) is 19.9. The van der Waals surface area contributed by atoms with Crippen molar-refractivity contribution in [1.29, 1.82) is 0 Å². The summed E-state index contributed by atoms with van der Waals surface area (Å²) in [6, 6.07) is 8.82. The Morgan fingerprint density at radius 1 is 1.37 bits per heavy atom. The molecule has 0 radical (unpaired) electrons. The van der Waals surface area contributed by atoms with Gasteiger partial charge in [0.2, 0.25) is 5.91 Å². The lowest BCUT2D eigenvalue weighted by Gasteiger charge is -2.42. The van der Waals surface area contributed by atoms with Crippen molar-refractivity contribution < 1.29 is 4.79 Å². The predicted octanol–water partition coefficient (Wildman–Crippen LogP) is 2.83. The molecule has 0 spiro atoms. The van der Waals surface area contributed by atoms with Gasteiger partial charge in [0.1, 0.15) is 4.32 Å². The highest BCUT2D eigenvalue weighted by Crippen LogP contribution is 2.22. The molecule has 0 saturated carbocycles. The number of nitrogens with one attached hydrogen (secondary N) is 2. The van der Waals surface area contributed by atoms with Crippen LogP contribution in [0.25, 0.3) is 10.9 Å². The van der Waals surface area contributed by atoms with Crippen LogP contribution in [-0.2, 0) is 11.2 Å². The standard InChI is InChI=1S/C20H28N4OS2/c1-14(2)22-19(25)13-23-9-10-24(20(26)27)16(12-23)8-7-15-11-21-18-6-4-3-5-17(15)18/h3-6,11,14,16,21H,7-10,12-13H2,1-2H3,(H,22,25)(H,26,27). The quantitative estimate of drug-likeness (QED) is 0.512. The van der Waals surface area contributed by atoms with Crippen LogP contribution in [0.1, 0.15) is 25.8 Å². The SMILES string of the molecule is CC(C)NC(=O)CN1CCN(C(=S)S)C(CCc2c[nH]c3ccccc23)C1. The first-order valence-corrected chi connectivity index (χ1v) is 10.4. The Morgan fingerprint density at radius 3 is 2.89 bits per heavy atom. The largest absolute Gasteiger partial charge is 0.361 e. The third kappa shape index (κ3) is 5.24. The van der Waals surface area contributed by atoms with Gasteiger partial charge in [-0.05, 0) is 38.3 Å². The number of carbonyl (C=O) groups excluding carboxylic acids is 1. The number of aromatic amines is 1. The van der Waals surface area contributed by atoms with E-state index in [1.165, 1.54) is 16.5 Å². The van der Waals surface area contributed by atoms with Crippen molar-refractivity contribution in [3.8, 4) is 0 Å². The second-order valence-corrected chi connectivity index (χ2v) is 8.60. The number of rotatable bonds is 6. The Morgan fingerprint density at radius 2 is 2.15 bits per heavy atom. The Labute approximate surface area is 171 Å². The van der Waals surface area contributed by atoms with Gasteiger partial charge >= 0.3 is 0 Å². The summed E-state index contributed by atoms with van der Waals surface area (Å²) in [6.07, 6.45) is 4.04. The molecule has 2 aromatic rings. The van der Waals surface area contributed by atoms with Gasteiger partial charge in [-0.2, -0.15) is 0 Å². The zero-order chi connectivity index (χ0) is 19.4. The molecule has 0 bridgehead atoms. The number of H-pyrrole nitrogens is 1. The highest BCUT2D eigenvalue weighted by Gasteiger charge is 2.28. The topological polar surface area (TPSA) is 51.4 Å². The third-order valence-electron chi connectivity index (χ3n) is 5.05. The maximum Gasteiger partial charge on any atom is 0.234 e. The van der Waals surface area contributed by atoms with E-state index in [0.717, 1.165) is 32.5 Å². The first kappa shape index (κ1) is 20.2. The van der Waals surface area contributed by atoms with Gasteiger partial charge in [0, 0.05) is 48.8 Å². The van der Waals surface area contributed by atoms with E-state index in [1.807, 2.05) is 19.9 Å². The van der Waals surface area contributed by atoms with Crippen molar-refractivity contribution in [3.63, 3.8) is 0 Å². The number of aryl methyl sites for hydroxylation is 1. The van der Waals surface area contributed by atoms with Crippen LogP contribution in [0.5, 0.6) is 0 Å². The van der Waals surface area contributed by atoms with E-state index in [0.29, 0.717) is 10.9 Å². The van der Waals surface area contributed by atoms with Gasteiger partial charge in [0.25, 0.3) is 0 Å². The fraction of sp³-hybridized carbons (Fsp3) is 0.500. The molecule has 1 atom stereocenters. The molecular weight excluding hydrogens is 376 g/mol. The summed E-state index contributed by atoms with van der Waals surface area (Å²) < 4.78 is 0.644. The predicted molar refractivity (Wildman–Crippen MR) is 118 cm³/mol. The molecule has 5 nitrogen and oxygen atoms in total. The van der Waals surface area contributed by atoms with Crippen molar-refractivity contribution in [3.05, 3.63) is 36.0 Å². The van der Waals surface area contributed by atoms with Crippen LogP contribution in [0.2, 0.25) is 0 Å². The molecule has 1 aliphatic heterocycles. The molecule has 2 N–H and O–H groups in total. The molecule has 0 aliphatic carbocycles. The van der Waals surface area contributed by atoms with E-state index in [-0.39, 0.29) is 18.0 Å². The maximum atomic E-state index is 12.1. The molecule has 27 heavy (non-hydrogen) atoms. The van der Waals surface area contributed by atoms with Gasteiger partial charge in [-0.1, -0.05) is 30.4 Å². The third-order valence-corrected chi connectivity index (χ3v) is 5.54. The average Bonchev–Trinajstić information content (AvgIpc) is 3.02. The van der Waals surface area contributed by atoms with Crippen LogP contribution >= 0.6 is 24.8 Å².